The van der Waals surface area contributed by atoms with Gasteiger partial charge in [0.05, 0.1) is 11.4 Å². The molecule has 0 saturated carbocycles. The van der Waals surface area contributed by atoms with E-state index >= 15 is 0 Å². The summed E-state index contributed by atoms with van der Waals surface area (Å²) in [6.45, 7) is 1.41. The molecule has 0 bridgehead atoms. The number of hydrogen-bond donors (Lipinski definition) is 4. The molecular weight excluding hydrogens is 470 g/mol. The molecule has 0 saturated heterocycles. The van der Waals surface area contributed by atoms with Crippen molar-refractivity contribution in [2.45, 2.75) is 19.4 Å². The average molecular weight is 502 g/mol. The molecular formula is C28H31N5O4. The van der Waals surface area contributed by atoms with Gasteiger partial charge >= 0.3 is 6.03 Å². The fraction of sp³-hybridized carbons (Fsp3) is 0.214. The molecule has 5 N–H and O–H groups in total. The van der Waals surface area contributed by atoms with Crippen molar-refractivity contribution in [2.24, 2.45) is 0 Å². The number of benzene rings is 2. The van der Waals surface area contributed by atoms with Gasteiger partial charge in [0, 0.05) is 25.2 Å². The van der Waals surface area contributed by atoms with E-state index in [-0.39, 0.29) is 17.8 Å². The second-order valence-corrected chi connectivity index (χ2v) is 8.55. The second kappa shape index (κ2) is 12.5. The summed E-state index contributed by atoms with van der Waals surface area (Å²) in [7, 11) is 1.83. The van der Waals surface area contributed by atoms with Crippen LogP contribution in [0.2, 0.25) is 0 Å². The largest absolute Gasteiger partial charge is 0.463 e. The minimum absolute atomic E-state index is 0.222. The molecule has 9 nitrogen and oxygen atoms in total. The number of ether oxygens (including phenoxy) is 2. The number of para-hydroxylation sites is 2. The number of carbonyl (C=O) groups is 2. The van der Waals surface area contributed by atoms with E-state index in [1.54, 1.807) is 35.2 Å². The number of nitrogen functional groups attached to an aromatic ring is 1. The summed E-state index contributed by atoms with van der Waals surface area (Å²) in [5.41, 5.74) is 9.34. The van der Waals surface area contributed by atoms with Gasteiger partial charge in [0.1, 0.15) is 6.26 Å². The number of likely N-dealkylation sites (N-methyl/N-ethyl adjacent to an activating group) is 1. The van der Waals surface area contributed by atoms with Gasteiger partial charge < -0.3 is 30.7 Å². The standard InChI is InChI=1S/C28H31N5O4/c1-30-15-16-33(28(35)32-26-19-36-18-25(37-26)21-7-3-2-4-8-21)17-20-11-13-22(14-12-20)27(34)31-24-10-6-5-9-23(24)29/h2-3,5-7,9-14,18-19,30H,4,8,15-17,29H2,1H3,(H,31,34)(H,32,35). The number of hydrogen-bond acceptors (Lipinski definition) is 6. The Bertz CT molecular complexity index is 1250. The van der Waals surface area contributed by atoms with Gasteiger partial charge in [-0.15, -0.1) is 0 Å². The van der Waals surface area contributed by atoms with Gasteiger partial charge in [0.2, 0.25) is 5.88 Å². The van der Waals surface area contributed by atoms with E-state index in [1.807, 2.05) is 37.4 Å². The fourth-order valence-electron chi connectivity index (χ4n) is 3.80. The van der Waals surface area contributed by atoms with Crippen LogP contribution in [0.4, 0.5) is 16.2 Å². The summed E-state index contributed by atoms with van der Waals surface area (Å²) < 4.78 is 11.3. The molecule has 3 amide bonds. The molecule has 2 aromatic carbocycles. The van der Waals surface area contributed by atoms with Crippen LogP contribution in [0.25, 0.3) is 0 Å². The predicted octanol–water partition coefficient (Wildman–Crippen LogP) is 4.22. The number of anilines is 2. The molecule has 0 spiro atoms. The van der Waals surface area contributed by atoms with Crippen LogP contribution in [0, 0.1) is 0 Å². The van der Waals surface area contributed by atoms with Crippen LogP contribution in [0.15, 0.2) is 96.5 Å². The van der Waals surface area contributed by atoms with Crippen molar-refractivity contribution in [3.63, 3.8) is 0 Å². The minimum atomic E-state index is -0.328. The highest BCUT2D eigenvalue weighted by molar-refractivity contribution is 6.05. The van der Waals surface area contributed by atoms with Crippen LogP contribution < -0.4 is 21.7 Å². The number of rotatable bonds is 9. The first-order valence-electron chi connectivity index (χ1n) is 12.1. The van der Waals surface area contributed by atoms with Crippen LogP contribution in [0.3, 0.4) is 0 Å². The van der Waals surface area contributed by atoms with E-state index in [9.17, 15) is 9.59 Å². The van der Waals surface area contributed by atoms with Crippen LogP contribution in [-0.2, 0) is 16.0 Å². The average Bonchev–Trinajstić information content (AvgIpc) is 2.93. The Morgan fingerprint density at radius 3 is 2.59 bits per heavy atom. The van der Waals surface area contributed by atoms with Crippen molar-refractivity contribution < 1.29 is 19.1 Å². The quantitative estimate of drug-likeness (QED) is 0.382. The summed E-state index contributed by atoms with van der Waals surface area (Å²) in [5.74, 6) is 0.540. The lowest BCUT2D eigenvalue weighted by Gasteiger charge is -2.25. The number of allylic oxidation sites excluding steroid dienone is 4. The summed E-state index contributed by atoms with van der Waals surface area (Å²) in [4.78, 5) is 27.4. The third kappa shape index (κ3) is 7.02. The number of carbonyl (C=O) groups excluding carboxylic acids is 2. The molecule has 9 heteroatoms. The van der Waals surface area contributed by atoms with Crippen molar-refractivity contribution in [3.05, 3.63) is 108 Å². The topological polar surface area (TPSA) is 118 Å². The van der Waals surface area contributed by atoms with Gasteiger partial charge in [0.25, 0.3) is 5.91 Å². The Morgan fingerprint density at radius 1 is 1.05 bits per heavy atom. The lowest BCUT2D eigenvalue weighted by molar-refractivity contribution is 0.102. The number of urea groups is 1. The molecule has 1 aliphatic heterocycles. The molecule has 192 valence electrons. The van der Waals surface area contributed by atoms with E-state index < -0.39 is 0 Å². The zero-order chi connectivity index (χ0) is 26.0. The lowest BCUT2D eigenvalue weighted by Crippen LogP contribution is -2.42. The maximum Gasteiger partial charge on any atom is 0.324 e. The highest BCUT2D eigenvalue weighted by Crippen LogP contribution is 2.25. The maximum absolute atomic E-state index is 13.1. The second-order valence-electron chi connectivity index (χ2n) is 8.55. The molecule has 37 heavy (non-hydrogen) atoms. The highest BCUT2D eigenvalue weighted by Gasteiger charge is 2.20. The minimum Gasteiger partial charge on any atom is -0.463 e. The van der Waals surface area contributed by atoms with E-state index in [0.29, 0.717) is 42.3 Å². The van der Waals surface area contributed by atoms with Gasteiger partial charge in [-0.05, 0) is 55.3 Å². The number of amides is 3. The van der Waals surface area contributed by atoms with Crippen LogP contribution in [0.5, 0.6) is 0 Å². The third-order valence-corrected chi connectivity index (χ3v) is 5.85. The normalized spacial score (nSPS) is 14.4. The van der Waals surface area contributed by atoms with Gasteiger partial charge in [-0.2, -0.15) is 0 Å². The SMILES string of the molecule is CNCCN(Cc1ccc(C(=O)Nc2ccccc2N)cc1)C(=O)NC1=COC=C(C2=CC=CCC2)O1. The number of nitrogens with two attached hydrogens (primary N) is 1. The summed E-state index contributed by atoms with van der Waals surface area (Å²) in [5, 5.41) is 8.67. The fourth-order valence-corrected chi connectivity index (χ4v) is 3.80. The molecule has 0 fully saturated rings. The van der Waals surface area contributed by atoms with E-state index in [0.717, 1.165) is 24.0 Å². The van der Waals surface area contributed by atoms with Crippen molar-refractivity contribution in [1.82, 2.24) is 15.5 Å². The molecule has 4 rings (SSSR count). The molecule has 0 unspecified atom stereocenters. The Kier molecular flexibility index (Phi) is 8.62. The van der Waals surface area contributed by atoms with Crippen molar-refractivity contribution in [3.8, 4) is 0 Å². The molecule has 1 aliphatic carbocycles. The summed E-state index contributed by atoms with van der Waals surface area (Å²) >= 11 is 0. The molecule has 2 aromatic rings. The molecule has 1 heterocycles. The monoisotopic (exact) mass is 501 g/mol. The number of nitrogens with one attached hydrogen (secondary N) is 3. The van der Waals surface area contributed by atoms with Crippen LogP contribution >= 0.6 is 0 Å². The predicted molar refractivity (Wildman–Crippen MR) is 143 cm³/mol. The van der Waals surface area contributed by atoms with Crippen molar-refractivity contribution in [2.75, 3.05) is 31.2 Å². The first-order chi connectivity index (χ1) is 18.0. The molecule has 0 radical (unpaired) electrons. The van der Waals surface area contributed by atoms with E-state index in [4.69, 9.17) is 15.2 Å². The molecule has 0 aromatic heterocycles. The first kappa shape index (κ1) is 25.6. The zero-order valence-electron chi connectivity index (χ0n) is 20.7. The maximum atomic E-state index is 13.1. The summed E-state index contributed by atoms with van der Waals surface area (Å²) in [6.07, 6.45) is 10.7. The van der Waals surface area contributed by atoms with Gasteiger partial charge in [0.15, 0.2) is 12.0 Å². The van der Waals surface area contributed by atoms with Gasteiger partial charge in [-0.1, -0.05) is 42.5 Å². The molecule has 2 aliphatic rings. The Balaban J connectivity index is 1.37. The lowest BCUT2D eigenvalue weighted by atomic mass is 10.0. The zero-order valence-corrected chi connectivity index (χ0v) is 20.7. The first-order valence-corrected chi connectivity index (χ1v) is 12.1. The van der Waals surface area contributed by atoms with Crippen molar-refractivity contribution in [1.29, 1.82) is 0 Å². The Morgan fingerprint density at radius 2 is 1.86 bits per heavy atom. The van der Waals surface area contributed by atoms with Crippen LogP contribution in [0.1, 0.15) is 28.8 Å². The van der Waals surface area contributed by atoms with Crippen LogP contribution in [-0.4, -0.2) is 37.0 Å². The number of nitrogens with zero attached hydrogens (tertiary/aromatic N) is 1. The van der Waals surface area contributed by atoms with Gasteiger partial charge in [-0.25, -0.2) is 4.79 Å². The Labute approximate surface area is 216 Å². The smallest absolute Gasteiger partial charge is 0.324 e. The third-order valence-electron chi connectivity index (χ3n) is 5.85. The van der Waals surface area contributed by atoms with E-state index in [2.05, 4.69) is 22.0 Å². The molecule has 0 atom stereocenters. The van der Waals surface area contributed by atoms with E-state index in [1.165, 1.54) is 12.5 Å². The van der Waals surface area contributed by atoms with Crippen molar-refractivity contribution >= 4 is 23.3 Å². The van der Waals surface area contributed by atoms with Gasteiger partial charge in [-0.3, -0.25) is 10.1 Å². The summed E-state index contributed by atoms with van der Waals surface area (Å²) in [6, 6.07) is 13.9. The Hall–Kier alpha value is -4.50. The highest BCUT2D eigenvalue weighted by atomic mass is 16.6.